The second-order valence-corrected chi connectivity index (χ2v) is 9.72. The number of esters is 1. The molecule has 0 radical (unpaired) electrons. The number of hydrogen-bond acceptors (Lipinski definition) is 7. The molecule has 1 aromatic heterocycles. The molecule has 1 fully saturated rings. The summed E-state index contributed by atoms with van der Waals surface area (Å²) in [7, 11) is 0. The van der Waals surface area contributed by atoms with Crippen LogP contribution in [0.4, 0.5) is 13.2 Å². The topological polar surface area (TPSA) is 78.2 Å². The number of carbonyl (C=O) groups is 1. The van der Waals surface area contributed by atoms with Crippen LogP contribution in [0.2, 0.25) is 10.0 Å². The number of ether oxygens (including phenoxy) is 3. The van der Waals surface area contributed by atoms with Gasteiger partial charge in [0, 0.05) is 29.7 Å². The first-order valence-electron chi connectivity index (χ1n) is 12.0. The fraction of sp³-hybridized carbons (Fsp3) is 0.214. The quantitative estimate of drug-likeness (QED) is 0.176. The molecule has 208 valence electrons. The molecule has 3 aromatic carbocycles. The second-order valence-electron chi connectivity index (χ2n) is 8.85. The summed E-state index contributed by atoms with van der Waals surface area (Å²) in [6.45, 7) is 1.77. The number of alkyl halides is 3. The molecular weight excluding hydrogens is 574 g/mol. The summed E-state index contributed by atoms with van der Waals surface area (Å²) in [6.07, 6.45) is -5.08. The molecule has 5 rings (SSSR count). The van der Waals surface area contributed by atoms with E-state index in [0.717, 1.165) is 0 Å². The van der Waals surface area contributed by atoms with E-state index in [0.29, 0.717) is 36.3 Å². The average Bonchev–Trinajstić information content (AvgIpc) is 2.92. The van der Waals surface area contributed by atoms with Crippen molar-refractivity contribution in [2.75, 3.05) is 26.3 Å². The van der Waals surface area contributed by atoms with Gasteiger partial charge in [0.25, 0.3) is 5.76 Å². The highest BCUT2D eigenvalue weighted by Gasteiger charge is 2.41. The molecule has 1 saturated heterocycles. The van der Waals surface area contributed by atoms with Gasteiger partial charge in [0.1, 0.15) is 17.1 Å². The molecule has 12 heteroatoms. The molecule has 40 heavy (non-hydrogen) atoms. The number of halogens is 5. The Labute approximate surface area is 235 Å². The van der Waals surface area contributed by atoms with Gasteiger partial charge >= 0.3 is 12.1 Å². The number of benzene rings is 3. The van der Waals surface area contributed by atoms with Gasteiger partial charge in [-0.05, 0) is 60.7 Å². The van der Waals surface area contributed by atoms with Gasteiger partial charge in [0.15, 0.2) is 0 Å². The van der Waals surface area contributed by atoms with E-state index in [2.05, 4.69) is 0 Å². The standard InChI is InChI=1S/C28H20Cl2F3NO6/c29-17-3-1-16(2-4-17)27(36)39-22-10-9-20-23(35)25(38-19-7-5-18(30)6-8-19)26(28(31,32)33)40-24(20)21(22)15-34-11-13-37-14-12-34/h1-10H,11-15H2. The smallest absolute Gasteiger partial charge is 0.449 e. The molecule has 7 nitrogen and oxygen atoms in total. The van der Waals surface area contributed by atoms with E-state index >= 15 is 0 Å². The first-order valence-corrected chi connectivity index (χ1v) is 12.8. The molecule has 1 aliphatic heterocycles. The molecule has 0 amide bonds. The normalized spacial score (nSPS) is 14.3. The molecule has 0 N–H and O–H groups in total. The van der Waals surface area contributed by atoms with Crippen molar-refractivity contribution in [2.24, 2.45) is 0 Å². The summed E-state index contributed by atoms with van der Waals surface area (Å²) >= 11 is 11.7. The number of morpholine rings is 1. The van der Waals surface area contributed by atoms with Gasteiger partial charge < -0.3 is 18.6 Å². The third kappa shape index (κ3) is 6.10. The number of rotatable bonds is 6. The summed E-state index contributed by atoms with van der Waals surface area (Å²) < 4.78 is 64.4. The lowest BCUT2D eigenvalue weighted by Gasteiger charge is -2.27. The average molecular weight is 594 g/mol. The Morgan fingerprint density at radius 1 is 0.925 bits per heavy atom. The highest BCUT2D eigenvalue weighted by Crippen LogP contribution is 2.40. The Kier molecular flexibility index (Phi) is 8.04. The molecule has 4 aromatic rings. The van der Waals surface area contributed by atoms with Crippen LogP contribution >= 0.6 is 23.2 Å². The van der Waals surface area contributed by atoms with Crippen LogP contribution < -0.4 is 14.9 Å². The van der Waals surface area contributed by atoms with Gasteiger partial charge in [-0.15, -0.1) is 0 Å². The number of carbonyl (C=O) groups excluding carboxylic acids is 1. The van der Waals surface area contributed by atoms with Crippen molar-refractivity contribution < 1.29 is 36.6 Å². The third-order valence-electron chi connectivity index (χ3n) is 6.14. The number of nitrogens with zero attached hydrogens (tertiary/aromatic N) is 1. The molecule has 1 aliphatic rings. The van der Waals surface area contributed by atoms with Crippen LogP contribution in [0.1, 0.15) is 21.7 Å². The Balaban J connectivity index is 1.65. The van der Waals surface area contributed by atoms with E-state index in [9.17, 15) is 22.8 Å². The van der Waals surface area contributed by atoms with Crippen LogP contribution in [-0.4, -0.2) is 37.2 Å². The van der Waals surface area contributed by atoms with Crippen LogP contribution in [-0.2, 0) is 17.5 Å². The van der Waals surface area contributed by atoms with Gasteiger partial charge in [-0.25, -0.2) is 4.79 Å². The molecule has 0 atom stereocenters. The van der Waals surface area contributed by atoms with Crippen molar-refractivity contribution in [1.29, 1.82) is 0 Å². The van der Waals surface area contributed by atoms with Gasteiger partial charge in [-0.1, -0.05) is 23.2 Å². The lowest BCUT2D eigenvalue weighted by atomic mass is 10.1. The fourth-order valence-corrected chi connectivity index (χ4v) is 4.40. The molecule has 0 bridgehead atoms. The zero-order chi connectivity index (χ0) is 28.4. The van der Waals surface area contributed by atoms with Crippen LogP contribution in [0.25, 0.3) is 11.0 Å². The highest BCUT2D eigenvalue weighted by molar-refractivity contribution is 6.30. The largest absolute Gasteiger partial charge is 0.453 e. The zero-order valence-corrected chi connectivity index (χ0v) is 22.1. The number of hydrogen-bond donors (Lipinski definition) is 0. The van der Waals surface area contributed by atoms with Crippen molar-refractivity contribution in [1.82, 2.24) is 4.90 Å². The summed E-state index contributed by atoms with van der Waals surface area (Å²) in [5.74, 6) is -3.50. The summed E-state index contributed by atoms with van der Waals surface area (Å²) in [5.41, 5.74) is -1.13. The first kappa shape index (κ1) is 28.0. The van der Waals surface area contributed by atoms with E-state index in [1.54, 1.807) is 0 Å². The molecule has 0 aliphatic carbocycles. The summed E-state index contributed by atoms with van der Waals surface area (Å²) in [4.78, 5) is 28.2. The predicted octanol–water partition coefficient (Wildman–Crippen LogP) is 6.96. The van der Waals surface area contributed by atoms with Crippen LogP contribution in [0.5, 0.6) is 17.2 Å². The Morgan fingerprint density at radius 3 is 2.17 bits per heavy atom. The molecule has 0 spiro atoms. The maximum atomic E-state index is 14.2. The van der Waals surface area contributed by atoms with E-state index < -0.39 is 29.1 Å². The van der Waals surface area contributed by atoms with Crippen LogP contribution in [0.15, 0.2) is 69.9 Å². The minimum absolute atomic E-state index is 0.0293. The van der Waals surface area contributed by atoms with E-state index in [1.807, 2.05) is 4.90 Å². The van der Waals surface area contributed by atoms with Gasteiger partial charge in [-0.3, -0.25) is 9.69 Å². The SMILES string of the molecule is O=C(Oc1ccc2c(=O)c(Oc3ccc(Cl)cc3)c(C(F)(F)F)oc2c1CN1CCOCC1)c1ccc(Cl)cc1. The monoisotopic (exact) mass is 593 g/mol. The molecule has 0 saturated carbocycles. The van der Waals surface area contributed by atoms with Crippen molar-refractivity contribution in [3.8, 4) is 17.2 Å². The van der Waals surface area contributed by atoms with Crippen LogP contribution in [0, 0.1) is 0 Å². The number of fused-ring (bicyclic) bond motifs is 1. The highest BCUT2D eigenvalue weighted by atomic mass is 35.5. The third-order valence-corrected chi connectivity index (χ3v) is 6.64. The minimum Gasteiger partial charge on any atom is -0.449 e. The van der Waals surface area contributed by atoms with E-state index in [-0.39, 0.29) is 40.1 Å². The van der Waals surface area contributed by atoms with E-state index in [1.165, 1.54) is 60.7 Å². The maximum absolute atomic E-state index is 14.2. The van der Waals surface area contributed by atoms with Crippen molar-refractivity contribution in [3.05, 3.63) is 97.8 Å². The Bertz CT molecular complexity index is 1600. The van der Waals surface area contributed by atoms with Gasteiger partial charge in [-0.2, -0.15) is 13.2 Å². The predicted molar refractivity (Wildman–Crippen MR) is 142 cm³/mol. The van der Waals surface area contributed by atoms with Gasteiger partial charge in [0.2, 0.25) is 11.2 Å². The fourth-order valence-electron chi connectivity index (χ4n) is 4.15. The second kappa shape index (κ2) is 11.5. The molecule has 2 heterocycles. The lowest BCUT2D eigenvalue weighted by molar-refractivity contribution is -0.154. The van der Waals surface area contributed by atoms with Crippen LogP contribution in [0.3, 0.4) is 0 Å². The zero-order valence-electron chi connectivity index (χ0n) is 20.6. The van der Waals surface area contributed by atoms with E-state index in [4.69, 9.17) is 41.8 Å². The summed E-state index contributed by atoms with van der Waals surface area (Å²) in [6, 6.07) is 14.0. The maximum Gasteiger partial charge on any atom is 0.453 e. The first-order chi connectivity index (χ1) is 19.1. The van der Waals surface area contributed by atoms with Crippen molar-refractivity contribution in [3.63, 3.8) is 0 Å². The molecular formula is C28H20Cl2F3NO6. The lowest BCUT2D eigenvalue weighted by Crippen LogP contribution is -2.36. The Hall–Kier alpha value is -3.57. The van der Waals surface area contributed by atoms with Crippen molar-refractivity contribution >= 4 is 40.1 Å². The van der Waals surface area contributed by atoms with Crippen molar-refractivity contribution in [2.45, 2.75) is 12.7 Å². The molecule has 0 unspecified atom stereocenters. The Morgan fingerprint density at radius 2 is 1.55 bits per heavy atom. The van der Waals surface area contributed by atoms with Gasteiger partial charge in [0.05, 0.1) is 29.7 Å². The summed E-state index contributed by atoms with van der Waals surface area (Å²) in [5, 5.41) is 0.572. The minimum atomic E-state index is -5.08.